The molecule has 2 aromatic carbocycles. The minimum absolute atomic E-state index is 0.167. The van der Waals surface area contributed by atoms with Crippen LogP contribution in [0.2, 0.25) is 0 Å². The van der Waals surface area contributed by atoms with E-state index < -0.39 is 10.0 Å². The van der Waals surface area contributed by atoms with Gasteiger partial charge in [0, 0.05) is 25.1 Å². The zero-order valence-electron chi connectivity index (χ0n) is 18.5. The predicted molar refractivity (Wildman–Crippen MR) is 128 cm³/mol. The second-order valence-corrected chi connectivity index (χ2v) is 10.5. The van der Waals surface area contributed by atoms with Crippen LogP contribution < -0.4 is 4.80 Å². The highest BCUT2D eigenvalue weighted by Gasteiger charge is 2.22. The fourth-order valence-corrected chi connectivity index (χ4v) is 6.34. The third kappa shape index (κ3) is 4.88. The zero-order chi connectivity index (χ0) is 22.6. The van der Waals surface area contributed by atoms with Crippen molar-refractivity contribution in [2.75, 3.05) is 19.7 Å². The molecule has 3 aromatic rings. The molecule has 1 aromatic heterocycles. The molecular formula is C24H29N3O3S2. The lowest BCUT2D eigenvalue weighted by Gasteiger charge is -2.18. The van der Waals surface area contributed by atoms with Gasteiger partial charge >= 0.3 is 0 Å². The molecule has 0 saturated carbocycles. The van der Waals surface area contributed by atoms with Gasteiger partial charge in [0.2, 0.25) is 10.0 Å². The van der Waals surface area contributed by atoms with E-state index in [0.717, 1.165) is 47.7 Å². The van der Waals surface area contributed by atoms with E-state index in [1.807, 2.05) is 56.3 Å². The van der Waals surface area contributed by atoms with Gasteiger partial charge in [-0.05, 0) is 42.7 Å². The maximum absolute atomic E-state index is 12.8. The van der Waals surface area contributed by atoms with Crippen molar-refractivity contribution in [1.29, 1.82) is 0 Å². The van der Waals surface area contributed by atoms with Gasteiger partial charge in [-0.25, -0.2) is 13.4 Å². The highest BCUT2D eigenvalue weighted by atomic mass is 32.2. The summed E-state index contributed by atoms with van der Waals surface area (Å²) in [4.78, 5) is 6.08. The number of benzene rings is 2. The molecule has 1 aliphatic heterocycles. The Bertz CT molecular complexity index is 1190. The quantitative estimate of drug-likeness (QED) is 0.480. The van der Waals surface area contributed by atoms with Crippen molar-refractivity contribution in [3.63, 3.8) is 0 Å². The molecular weight excluding hydrogens is 442 g/mol. The minimum atomic E-state index is -3.47. The Balaban J connectivity index is 1.72. The molecule has 4 rings (SSSR count). The van der Waals surface area contributed by atoms with Crippen molar-refractivity contribution in [1.82, 2.24) is 8.87 Å². The van der Waals surface area contributed by atoms with Crippen molar-refractivity contribution in [2.24, 2.45) is 4.99 Å². The molecule has 32 heavy (non-hydrogen) atoms. The van der Waals surface area contributed by atoms with Crippen LogP contribution in [0.5, 0.6) is 0 Å². The molecule has 0 amide bonds. The Morgan fingerprint density at radius 1 is 1.09 bits per heavy atom. The Labute approximate surface area is 193 Å². The van der Waals surface area contributed by atoms with Crippen LogP contribution in [-0.2, 0) is 21.3 Å². The Morgan fingerprint density at radius 3 is 2.44 bits per heavy atom. The summed E-state index contributed by atoms with van der Waals surface area (Å²) in [6.07, 6.45) is 2.28. The Morgan fingerprint density at radius 2 is 1.81 bits per heavy atom. The number of para-hydroxylation sites is 1. The third-order valence-electron chi connectivity index (χ3n) is 5.68. The lowest BCUT2D eigenvalue weighted by molar-refractivity contribution is 0.0968. The molecule has 1 atom stereocenters. The molecule has 0 aliphatic carbocycles. The Hall–Kier alpha value is -2.26. The van der Waals surface area contributed by atoms with Crippen molar-refractivity contribution in [2.45, 2.75) is 44.2 Å². The molecule has 8 heteroatoms. The summed E-state index contributed by atoms with van der Waals surface area (Å²) >= 11 is 1.59. The van der Waals surface area contributed by atoms with Gasteiger partial charge in [0.05, 0.1) is 28.9 Å². The topological polar surface area (TPSA) is 63.9 Å². The normalized spacial score (nSPS) is 17.3. The van der Waals surface area contributed by atoms with E-state index in [9.17, 15) is 8.42 Å². The largest absolute Gasteiger partial charge is 0.376 e. The molecule has 170 valence electrons. The van der Waals surface area contributed by atoms with Gasteiger partial charge < -0.3 is 9.30 Å². The average Bonchev–Trinajstić information content (AvgIpc) is 3.46. The molecule has 0 bridgehead atoms. The first-order chi connectivity index (χ1) is 15.5. The van der Waals surface area contributed by atoms with Crippen LogP contribution in [0, 0.1) is 0 Å². The van der Waals surface area contributed by atoms with Crippen LogP contribution in [0.25, 0.3) is 11.3 Å². The predicted octanol–water partition coefficient (Wildman–Crippen LogP) is 4.66. The molecule has 0 radical (unpaired) electrons. The van der Waals surface area contributed by atoms with Gasteiger partial charge in [-0.3, -0.25) is 0 Å². The van der Waals surface area contributed by atoms with Gasteiger partial charge in [-0.2, -0.15) is 4.31 Å². The summed E-state index contributed by atoms with van der Waals surface area (Å²) in [5, 5.41) is 2.09. The number of sulfonamides is 1. The molecule has 1 unspecified atom stereocenters. The lowest BCUT2D eigenvalue weighted by Crippen LogP contribution is -2.30. The molecule has 2 heterocycles. The minimum Gasteiger partial charge on any atom is -0.376 e. The van der Waals surface area contributed by atoms with Gasteiger partial charge in [0.1, 0.15) is 0 Å². The molecule has 6 nitrogen and oxygen atoms in total. The fraction of sp³-hybridized carbons (Fsp3) is 0.375. The molecule has 1 saturated heterocycles. The highest BCUT2D eigenvalue weighted by molar-refractivity contribution is 7.89. The van der Waals surface area contributed by atoms with Crippen LogP contribution in [0.4, 0.5) is 5.69 Å². The number of thiazole rings is 1. The average molecular weight is 472 g/mol. The number of rotatable bonds is 8. The second kappa shape index (κ2) is 10.1. The number of aromatic nitrogens is 1. The Kier molecular flexibility index (Phi) is 7.25. The van der Waals surface area contributed by atoms with Crippen molar-refractivity contribution in [3.8, 4) is 11.3 Å². The summed E-state index contributed by atoms with van der Waals surface area (Å²) in [6.45, 7) is 6.14. The first-order valence-corrected chi connectivity index (χ1v) is 13.3. The number of hydrogen-bond acceptors (Lipinski definition) is 5. The van der Waals surface area contributed by atoms with E-state index >= 15 is 0 Å². The van der Waals surface area contributed by atoms with Crippen molar-refractivity contribution >= 4 is 27.0 Å². The maximum atomic E-state index is 12.8. The summed E-state index contributed by atoms with van der Waals surface area (Å²) in [7, 11) is -3.47. The van der Waals surface area contributed by atoms with Crippen LogP contribution >= 0.6 is 11.3 Å². The number of ether oxygens (including phenoxy) is 1. The summed E-state index contributed by atoms with van der Waals surface area (Å²) in [6, 6.07) is 17.1. The van der Waals surface area contributed by atoms with E-state index in [0.29, 0.717) is 18.0 Å². The lowest BCUT2D eigenvalue weighted by atomic mass is 10.1. The van der Waals surface area contributed by atoms with Crippen LogP contribution in [0.1, 0.15) is 26.7 Å². The third-order valence-corrected chi connectivity index (χ3v) is 8.61. The molecule has 0 spiro atoms. The molecule has 1 fully saturated rings. The first-order valence-electron chi connectivity index (χ1n) is 11.0. The van der Waals surface area contributed by atoms with Gasteiger partial charge in [-0.15, -0.1) is 11.3 Å². The van der Waals surface area contributed by atoms with E-state index in [2.05, 4.69) is 9.95 Å². The first kappa shape index (κ1) is 22.9. The van der Waals surface area contributed by atoms with Gasteiger partial charge in [-0.1, -0.05) is 44.2 Å². The van der Waals surface area contributed by atoms with Crippen LogP contribution in [0.15, 0.2) is 69.9 Å². The smallest absolute Gasteiger partial charge is 0.243 e. The SMILES string of the molecule is CCN(CC)S(=O)(=O)c1ccc(-c2csc(=Nc3ccccc3)n2CC2CCCO2)cc1. The van der Waals surface area contributed by atoms with Crippen LogP contribution in [-0.4, -0.2) is 43.1 Å². The maximum Gasteiger partial charge on any atom is 0.243 e. The number of hydrogen-bond donors (Lipinski definition) is 0. The van der Waals surface area contributed by atoms with Crippen molar-refractivity contribution in [3.05, 3.63) is 64.8 Å². The second-order valence-electron chi connectivity index (χ2n) is 7.71. The van der Waals surface area contributed by atoms with E-state index in [1.165, 1.54) is 4.31 Å². The van der Waals surface area contributed by atoms with Crippen LogP contribution in [0.3, 0.4) is 0 Å². The zero-order valence-corrected chi connectivity index (χ0v) is 20.1. The standard InChI is InChI=1S/C24H29N3O3S2/c1-3-26(4-2)32(28,29)22-14-12-19(13-15-22)23-18-31-24(25-20-9-6-5-7-10-20)27(23)17-21-11-8-16-30-21/h5-7,9-10,12-15,18,21H,3-4,8,11,16-17H2,1-2H3. The summed E-state index contributed by atoms with van der Waals surface area (Å²) in [5.41, 5.74) is 2.89. The highest BCUT2D eigenvalue weighted by Crippen LogP contribution is 2.26. The molecule has 1 aliphatic rings. The summed E-state index contributed by atoms with van der Waals surface area (Å²) < 4.78 is 35.2. The van der Waals surface area contributed by atoms with E-state index in [-0.39, 0.29) is 6.10 Å². The molecule has 0 N–H and O–H groups in total. The van der Waals surface area contributed by atoms with E-state index in [1.54, 1.807) is 23.5 Å². The summed E-state index contributed by atoms with van der Waals surface area (Å²) in [5.74, 6) is 0. The monoisotopic (exact) mass is 471 g/mol. The van der Waals surface area contributed by atoms with E-state index in [4.69, 9.17) is 9.73 Å². The van der Waals surface area contributed by atoms with Gasteiger partial charge in [0.15, 0.2) is 4.80 Å². The van der Waals surface area contributed by atoms with Crippen molar-refractivity contribution < 1.29 is 13.2 Å². The van der Waals surface area contributed by atoms with Gasteiger partial charge in [0.25, 0.3) is 0 Å². The number of nitrogens with zero attached hydrogens (tertiary/aromatic N) is 3. The fourth-order valence-electron chi connectivity index (χ4n) is 3.94.